The highest BCUT2D eigenvalue weighted by Gasteiger charge is 2.17. The van der Waals surface area contributed by atoms with Crippen molar-refractivity contribution in [3.05, 3.63) is 22.8 Å². The largest absolute Gasteiger partial charge is 0.0782 e. The predicted molar refractivity (Wildman–Crippen MR) is 80.2 cm³/mol. The Hall–Kier alpha value is -0.520. The minimum Gasteiger partial charge on any atom is -0.0782 e. The Bertz CT molecular complexity index is 276. The van der Waals surface area contributed by atoms with Gasteiger partial charge in [0, 0.05) is 0 Å². The van der Waals surface area contributed by atoms with Gasteiger partial charge in [0.15, 0.2) is 0 Å². The summed E-state index contributed by atoms with van der Waals surface area (Å²) < 4.78 is 0. The van der Waals surface area contributed by atoms with Gasteiger partial charge in [-0.2, -0.15) is 0 Å². The van der Waals surface area contributed by atoms with Crippen molar-refractivity contribution in [1.29, 1.82) is 0 Å². The van der Waals surface area contributed by atoms with E-state index in [9.17, 15) is 0 Å². The molecular weight excluding hydrogens is 204 g/mol. The van der Waals surface area contributed by atoms with E-state index in [4.69, 9.17) is 0 Å². The first-order valence-electron chi connectivity index (χ1n) is 7.26. The molecule has 0 heterocycles. The first-order chi connectivity index (χ1) is 7.84. The second kappa shape index (κ2) is 7.74. The smallest absolute Gasteiger partial charge is 0.0193 e. The van der Waals surface area contributed by atoms with Crippen LogP contribution in [-0.4, -0.2) is 0 Å². The van der Waals surface area contributed by atoms with Gasteiger partial charge in [-0.1, -0.05) is 60.1 Å². The minimum absolute atomic E-state index is 0.633. The molecule has 0 amide bonds. The van der Waals surface area contributed by atoms with Gasteiger partial charge in [0.05, 0.1) is 0 Å². The van der Waals surface area contributed by atoms with Gasteiger partial charge in [-0.15, -0.1) is 0 Å². The molecule has 0 N–H and O–H groups in total. The minimum atomic E-state index is 0.633. The summed E-state index contributed by atoms with van der Waals surface area (Å²) in [5.41, 5.74) is 4.76. The summed E-state index contributed by atoms with van der Waals surface area (Å²) in [6.45, 7) is 18.4. The molecule has 100 valence electrons. The average molecular weight is 236 g/mol. The van der Waals surface area contributed by atoms with Gasteiger partial charge in [0.25, 0.3) is 0 Å². The quantitative estimate of drug-likeness (QED) is 0.496. The lowest BCUT2D eigenvalue weighted by Crippen LogP contribution is -2.09. The molecule has 1 unspecified atom stereocenters. The number of hydrogen-bond acceptors (Lipinski definition) is 0. The van der Waals surface area contributed by atoms with Crippen molar-refractivity contribution in [3.63, 3.8) is 0 Å². The normalized spacial score (nSPS) is 16.5. The molecule has 0 saturated carbocycles. The average Bonchev–Trinajstić information content (AvgIpc) is 2.25. The van der Waals surface area contributed by atoms with Crippen LogP contribution in [0.3, 0.4) is 0 Å². The predicted octanol–water partition coefficient (Wildman–Crippen LogP) is 6.00. The molecule has 0 aromatic carbocycles. The Kier molecular flexibility index (Phi) is 7.50. The molecule has 0 aromatic rings. The third-order valence-electron chi connectivity index (χ3n) is 3.53. The first kappa shape index (κ1) is 16.5. The van der Waals surface area contributed by atoms with Gasteiger partial charge < -0.3 is 0 Å². The van der Waals surface area contributed by atoms with E-state index >= 15 is 0 Å². The van der Waals surface area contributed by atoms with Crippen LogP contribution in [-0.2, 0) is 0 Å². The van der Waals surface area contributed by atoms with E-state index in [1.54, 1.807) is 16.7 Å². The Labute approximate surface area is 109 Å². The van der Waals surface area contributed by atoms with E-state index in [1.807, 2.05) is 0 Å². The Morgan fingerprint density at radius 1 is 1.00 bits per heavy atom. The van der Waals surface area contributed by atoms with E-state index in [0.29, 0.717) is 17.8 Å². The Morgan fingerprint density at radius 3 is 1.82 bits per heavy atom. The lowest BCUT2D eigenvalue weighted by Gasteiger charge is -2.24. The van der Waals surface area contributed by atoms with Crippen molar-refractivity contribution in [3.8, 4) is 0 Å². The second-order valence-corrected chi connectivity index (χ2v) is 5.88. The maximum Gasteiger partial charge on any atom is -0.0193 e. The molecule has 0 aromatic heterocycles. The molecule has 0 heteroatoms. The molecule has 0 fully saturated rings. The van der Waals surface area contributed by atoms with E-state index < -0.39 is 0 Å². The van der Waals surface area contributed by atoms with E-state index in [2.05, 4.69) is 61.5 Å². The molecule has 0 aliphatic heterocycles. The molecule has 17 heavy (non-hydrogen) atoms. The molecule has 0 radical (unpaired) electrons. The van der Waals surface area contributed by atoms with Gasteiger partial charge in [-0.05, 0) is 48.7 Å². The first-order valence-corrected chi connectivity index (χ1v) is 7.26. The second-order valence-electron chi connectivity index (χ2n) is 5.88. The van der Waals surface area contributed by atoms with Crippen LogP contribution < -0.4 is 0 Å². The van der Waals surface area contributed by atoms with Gasteiger partial charge in [0.1, 0.15) is 0 Å². The third kappa shape index (κ3) is 5.10. The number of rotatable bonds is 6. The van der Waals surface area contributed by atoms with Crippen molar-refractivity contribution >= 4 is 0 Å². The summed E-state index contributed by atoms with van der Waals surface area (Å²) in [7, 11) is 0. The molecule has 0 bridgehead atoms. The molecular formula is C17H32. The van der Waals surface area contributed by atoms with Crippen LogP contribution >= 0.6 is 0 Å². The number of allylic oxidation sites excluding steroid dienone is 4. The SMILES string of the molecule is CC/C(C)=C(\C(=C/C(C)C)C(C)CC)C(C)C. The van der Waals surface area contributed by atoms with Gasteiger partial charge in [0.2, 0.25) is 0 Å². The van der Waals surface area contributed by atoms with Gasteiger partial charge in [-0.25, -0.2) is 0 Å². The van der Waals surface area contributed by atoms with Crippen molar-refractivity contribution in [2.45, 2.75) is 68.2 Å². The zero-order valence-electron chi connectivity index (χ0n) is 13.2. The summed E-state index contributed by atoms with van der Waals surface area (Å²) in [5, 5.41) is 0. The summed E-state index contributed by atoms with van der Waals surface area (Å²) in [6.07, 6.45) is 4.87. The lowest BCUT2D eigenvalue weighted by molar-refractivity contribution is 0.615. The van der Waals surface area contributed by atoms with E-state index in [1.165, 1.54) is 12.8 Å². The van der Waals surface area contributed by atoms with Crippen molar-refractivity contribution < 1.29 is 0 Å². The lowest BCUT2D eigenvalue weighted by atomic mass is 9.81. The Balaban J connectivity index is 5.56. The fourth-order valence-electron chi connectivity index (χ4n) is 2.36. The van der Waals surface area contributed by atoms with Crippen LogP contribution in [0.5, 0.6) is 0 Å². The summed E-state index contributed by atoms with van der Waals surface area (Å²) in [5.74, 6) is 1.95. The molecule has 0 aliphatic rings. The monoisotopic (exact) mass is 236 g/mol. The zero-order chi connectivity index (χ0) is 13.6. The third-order valence-corrected chi connectivity index (χ3v) is 3.53. The molecule has 0 nitrogen and oxygen atoms in total. The fraction of sp³-hybridized carbons (Fsp3) is 0.765. The maximum absolute atomic E-state index is 2.47. The van der Waals surface area contributed by atoms with Crippen LogP contribution in [0.1, 0.15) is 68.2 Å². The van der Waals surface area contributed by atoms with Crippen molar-refractivity contribution in [2.75, 3.05) is 0 Å². The fourth-order valence-corrected chi connectivity index (χ4v) is 2.36. The standard InChI is InChI=1S/C17H32/c1-9-14(7)16(11-12(3)4)17(13(5)6)15(8)10-2/h11-14H,9-10H2,1-8H3/b16-11-,17-15-. The summed E-state index contributed by atoms with van der Waals surface area (Å²) in [4.78, 5) is 0. The van der Waals surface area contributed by atoms with Gasteiger partial charge >= 0.3 is 0 Å². The molecule has 0 aliphatic carbocycles. The summed E-state index contributed by atoms with van der Waals surface area (Å²) >= 11 is 0. The molecule has 0 saturated heterocycles. The summed E-state index contributed by atoms with van der Waals surface area (Å²) in [6, 6.07) is 0. The Morgan fingerprint density at radius 2 is 1.53 bits per heavy atom. The highest BCUT2D eigenvalue weighted by molar-refractivity contribution is 5.38. The zero-order valence-corrected chi connectivity index (χ0v) is 13.2. The molecule has 1 atom stereocenters. The van der Waals surface area contributed by atoms with Crippen LogP contribution in [0.2, 0.25) is 0 Å². The highest BCUT2D eigenvalue weighted by Crippen LogP contribution is 2.32. The van der Waals surface area contributed by atoms with Crippen LogP contribution in [0.4, 0.5) is 0 Å². The highest BCUT2D eigenvalue weighted by atomic mass is 14.2. The van der Waals surface area contributed by atoms with Crippen molar-refractivity contribution in [1.82, 2.24) is 0 Å². The molecule has 0 spiro atoms. The van der Waals surface area contributed by atoms with E-state index in [-0.39, 0.29) is 0 Å². The topological polar surface area (TPSA) is 0 Å². The van der Waals surface area contributed by atoms with Crippen molar-refractivity contribution in [2.24, 2.45) is 17.8 Å². The van der Waals surface area contributed by atoms with Crippen LogP contribution in [0.15, 0.2) is 22.8 Å². The molecule has 0 rings (SSSR count). The van der Waals surface area contributed by atoms with Crippen LogP contribution in [0.25, 0.3) is 0 Å². The maximum atomic E-state index is 2.47. The number of hydrogen-bond donors (Lipinski definition) is 0. The van der Waals surface area contributed by atoms with Gasteiger partial charge in [-0.3, -0.25) is 0 Å². The van der Waals surface area contributed by atoms with E-state index in [0.717, 1.165) is 0 Å². The van der Waals surface area contributed by atoms with Crippen LogP contribution in [0, 0.1) is 17.8 Å².